The molecule has 1 aliphatic rings. The van der Waals surface area contributed by atoms with Crippen molar-refractivity contribution in [2.24, 2.45) is 0 Å². The Morgan fingerprint density at radius 3 is 2.95 bits per heavy atom. The summed E-state index contributed by atoms with van der Waals surface area (Å²) in [4.78, 5) is 9.16. The molecule has 2 aromatic rings. The molecule has 3 rings (SSSR count). The maximum absolute atomic E-state index is 6.14. The Balaban J connectivity index is 1.99. The van der Waals surface area contributed by atoms with Crippen molar-refractivity contribution in [2.45, 2.75) is 38.5 Å². The van der Waals surface area contributed by atoms with Gasteiger partial charge < -0.3 is 0 Å². The van der Waals surface area contributed by atoms with E-state index in [0.717, 1.165) is 37.2 Å². The highest BCUT2D eigenvalue weighted by Crippen LogP contribution is 2.36. The van der Waals surface area contributed by atoms with Crippen LogP contribution in [0.4, 0.5) is 0 Å². The second kappa shape index (κ2) is 5.30. The maximum Gasteiger partial charge on any atom is 0.137 e. The largest absolute Gasteiger partial charge is 0.237 e. The van der Waals surface area contributed by atoms with E-state index in [9.17, 15) is 0 Å². The van der Waals surface area contributed by atoms with Gasteiger partial charge in [0.05, 0.1) is 0 Å². The number of hydrogen-bond acceptors (Lipinski definition) is 2. The summed E-state index contributed by atoms with van der Waals surface area (Å²) < 4.78 is 0. The molecular formula is C16H17ClN2. The van der Waals surface area contributed by atoms with Gasteiger partial charge in [0, 0.05) is 11.6 Å². The fourth-order valence-electron chi connectivity index (χ4n) is 2.85. The van der Waals surface area contributed by atoms with Crippen LogP contribution in [-0.2, 0) is 12.8 Å². The summed E-state index contributed by atoms with van der Waals surface area (Å²) in [7, 11) is 0. The minimum absolute atomic E-state index is 0.311. The summed E-state index contributed by atoms with van der Waals surface area (Å²) in [6, 6.07) is 10.5. The second-order valence-electron chi connectivity index (χ2n) is 5.08. The Morgan fingerprint density at radius 1 is 1.26 bits per heavy atom. The molecule has 0 N–H and O–H groups in total. The molecule has 1 aromatic carbocycles. The van der Waals surface area contributed by atoms with Crippen molar-refractivity contribution in [1.29, 1.82) is 0 Å². The van der Waals surface area contributed by atoms with Crippen molar-refractivity contribution in [3.63, 3.8) is 0 Å². The van der Waals surface area contributed by atoms with Gasteiger partial charge in [-0.3, -0.25) is 0 Å². The van der Waals surface area contributed by atoms with Crippen LogP contribution in [0.1, 0.15) is 48.3 Å². The molecule has 0 aliphatic heterocycles. The molecule has 1 aromatic heterocycles. The van der Waals surface area contributed by atoms with Crippen LogP contribution in [0, 0.1) is 0 Å². The Morgan fingerprint density at radius 2 is 2.11 bits per heavy atom. The van der Waals surface area contributed by atoms with Crippen LogP contribution in [0.25, 0.3) is 0 Å². The molecule has 0 saturated heterocycles. The summed E-state index contributed by atoms with van der Waals surface area (Å²) in [6.45, 7) is 2.15. The normalized spacial score (nSPS) is 17.5. The Bertz CT molecular complexity index is 595. The number of halogens is 1. The van der Waals surface area contributed by atoms with E-state index in [1.165, 1.54) is 11.1 Å². The summed E-state index contributed by atoms with van der Waals surface area (Å²) >= 11 is 6.14. The first-order chi connectivity index (χ1) is 9.28. The number of benzene rings is 1. The summed E-state index contributed by atoms with van der Waals surface area (Å²) in [5.41, 5.74) is 3.85. The lowest BCUT2D eigenvalue weighted by molar-refractivity contribution is 0.714. The van der Waals surface area contributed by atoms with Crippen molar-refractivity contribution in [3.8, 4) is 0 Å². The number of aromatic nitrogens is 2. The molecule has 0 amide bonds. The Labute approximate surface area is 118 Å². The van der Waals surface area contributed by atoms with Gasteiger partial charge in [0.15, 0.2) is 0 Å². The molecule has 3 heteroatoms. The molecule has 0 fully saturated rings. The van der Waals surface area contributed by atoms with Crippen molar-refractivity contribution in [3.05, 3.63) is 58.1 Å². The van der Waals surface area contributed by atoms with Crippen LogP contribution in [0.5, 0.6) is 0 Å². The minimum atomic E-state index is 0.311. The molecule has 1 heterocycles. The first-order valence-electron chi connectivity index (χ1n) is 6.89. The summed E-state index contributed by atoms with van der Waals surface area (Å²) in [5.74, 6) is 1.20. The third-order valence-corrected chi connectivity index (χ3v) is 3.91. The van der Waals surface area contributed by atoms with Gasteiger partial charge in [-0.1, -0.05) is 49.2 Å². The van der Waals surface area contributed by atoms with Crippen molar-refractivity contribution in [2.75, 3.05) is 0 Å². The van der Waals surface area contributed by atoms with Gasteiger partial charge in [0.25, 0.3) is 0 Å². The average molecular weight is 273 g/mol. The number of nitrogens with zero attached hydrogens (tertiary/aromatic N) is 2. The van der Waals surface area contributed by atoms with E-state index >= 15 is 0 Å². The minimum Gasteiger partial charge on any atom is -0.237 e. The highest BCUT2D eigenvalue weighted by molar-refractivity contribution is 6.29. The van der Waals surface area contributed by atoms with E-state index in [-0.39, 0.29) is 0 Å². The highest BCUT2D eigenvalue weighted by Gasteiger charge is 2.26. The van der Waals surface area contributed by atoms with Crippen molar-refractivity contribution < 1.29 is 0 Å². The van der Waals surface area contributed by atoms with E-state index < -0.39 is 0 Å². The van der Waals surface area contributed by atoms with Gasteiger partial charge in [-0.2, -0.15) is 0 Å². The fraction of sp³-hybridized carbons (Fsp3) is 0.375. The lowest BCUT2D eigenvalue weighted by Crippen LogP contribution is -2.05. The highest BCUT2D eigenvalue weighted by atomic mass is 35.5. The van der Waals surface area contributed by atoms with E-state index in [2.05, 4.69) is 36.2 Å². The van der Waals surface area contributed by atoms with Crippen LogP contribution in [-0.4, -0.2) is 9.97 Å². The average Bonchev–Trinajstić information content (AvgIpc) is 2.82. The van der Waals surface area contributed by atoms with Gasteiger partial charge >= 0.3 is 0 Å². The monoisotopic (exact) mass is 272 g/mol. The topological polar surface area (TPSA) is 25.8 Å². The Hall–Kier alpha value is -1.41. The van der Waals surface area contributed by atoms with Gasteiger partial charge in [-0.05, 0) is 36.5 Å². The lowest BCUT2D eigenvalue weighted by Gasteiger charge is -2.12. The van der Waals surface area contributed by atoms with Gasteiger partial charge in [0.1, 0.15) is 11.0 Å². The Kier molecular flexibility index (Phi) is 3.52. The van der Waals surface area contributed by atoms with Crippen molar-refractivity contribution >= 4 is 11.6 Å². The van der Waals surface area contributed by atoms with Crippen LogP contribution >= 0.6 is 11.6 Å². The standard InChI is InChI=1S/C16H17ClN2/c1-2-5-12-10-15(17)19-16(18-12)14-9-8-11-6-3-4-7-13(11)14/h3-4,6-7,10,14H,2,5,8-9H2,1H3. The van der Waals surface area contributed by atoms with E-state index in [1.807, 2.05) is 6.07 Å². The van der Waals surface area contributed by atoms with Gasteiger partial charge in [-0.15, -0.1) is 0 Å². The lowest BCUT2D eigenvalue weighted by atomic mass is 10.0. The molecular weight excluding hydrogens is 256 g/mol. The molecule has 98 valence electrons. The van der Waals surface area contributed by atoms with Crippen LogP contribution in [0.2, 0.25) is 5.15 Å². The van der Waals surface area contributed by atoms with E-state index in [4.69, 9.17) is 16.6 Å². The molecule has 2 nitrogen and oxygen atoms in total. The molecule has 19 heavy (non-hydrogen) atoms. The van der Waals surface area contributed by atoms with E-state index in [0.29, 0.717) is 11.1 Å². The molecule has 0 radical (unpaired) electrons. The first-order valence-corrected chi connectivity index (χ1v) is 7.27. The molecule has 1 aliphatic carbocycles. The molecule has 0 bridgehead atoms. The first kappa shape index (κ1) is 12.6. The number of rotatable bonds is 3. The second-order valence-corrected chi connectivity index (χ2v) is 5.47. The summed E-state index contributed by atoms with van der Waals surface area (Å²) in [6.07, 6.45) is 4.24. The predicted octanol–water partition coefficient (Wildman–Crippen LogP) is 4.16. The number of hydrogen-bond donors (Lipinski definition) is 0. The SMILES string of the molecule is CCCc1cc(Cl)nc(C2CCc3ccccc32)n1. The zero-order valence-corrected chi connectivity index (χ0v) is 11.8. The predicted molar refractivity (Wildman–Crippen MR) is 77.6 cm³/mol. The molecule has 1 atom stereocenters. The van der Waals surface area contributed by atoms with E-state index in [1.54, 1.807) is 0 Å². The molecule has 1 unspecified atom stereocenters. The number of fused-ring (bicyclic) bond motifs is 1. The van der Waals surface area contributed by atoms with Crippen LogP contribution < -0.4 is 0 Å². The van der Waals surface area contributed by atoms with Gasteiger partial charge in [-0.25, -0.2) is 9.97 Å². The van der Waals surface area contributed by atoms with Crippen LogP contribution in [0.15, 0.2) is 30.3 Å². The summed E-state index contributed by atoms with van der Waals surface area (Å²) in [5, 5.41) is 0.567. The zero-order valence-electron chi connectivity index (χ0n) is 11.1. The van der Waals surface area contributed by atoms with Crippen LogP contribution in [0.3, 0.4) is 0 Å². The zero-order chi connectivity index (χ0) is 13.2. The molecule has 0 saturated carbocycles. The third kappa shape index (κ3) is 2.50. The quantitative estimate of drug-likeness (QED) is 0.784. The van der Waals surface area contributed by atoms with Gasteiger partial charge in [0.2, 0.25) is 0 Å². The maximum atomic E-state index is 6.14. The van der Waals surface area contributed by atoms with Crippen molar-refractivity contribution in [1.82, 2.24) is 9.97 Å². The molecule has 0 spiro atoms. The smallest absolute Gasteiger partial charge is 0.137 e. The fourth-order valence-corrected chi connectivity index (χ4v) is 3.06. The third-order valence-electron chi connectivity index (χ3n) is 3.72. The number of aryl methyl sites for hydroxylation is 2.